The molecule has 1 saturated heterocycles. The van der Waals surface area contributed by atoms with Crippen molar-refractivity contribution in [1.29, 1.82) is 0 Å². The lowest BCUT2D eigenvalue weighted by molar-refractivity contribution is -0.301. The first kappa shape index (κ1) is 19.4. The largest absolute Gasteiger partial charge is 0.394 e. The summed E-state index contributed by atoms with van der Waals surface area (Å²) in [5.74, 6) is 5.90. The highest BCUT2D eigenvalue weighted by atomic mass is 16.7. The second kappa shape index (κ2) is 10.9. The SMILES string of the molecule is CC#CCCCCCCCO[C@@H]1O[C@H](CO)[C@@H](O)[C@H](O)[C@H]1O. The van der Waals surface area contributed by atoms with E-state index < -0.39 is 37.3 Å². The van der Waals surface area contributed by atoms with Gasteiger partial charge in [-0.05, 0) is 19.8 Å². The Morgan fingerprint density at radius 1 is 0.955 bits per heavy atom. The fourth-order valence-corrected chi connectivity index (χ4v) is 2.38. The van der Waals surface area contributed by atoms with Crippen molar-refractivity contribution in [2.75, 3.05) is 13.2 Å². The van der Waals surface area contributed by atoms with Gasteiger partial charge in [0.15, 0.2) is 6.29 Å². The molecular weight excluding hydrogens is 288 g/mol. The van der Waals surface area contributed by atoms with Gasteiger partial charge in [0.25, 0.3) is 0 Å². The summed E-state index contributed by atoms with van der Waals surface area (Å²) in [5, 5.41) is 38.1. The van der Waals surface area contributed by atoms with E-state index in [2.05, 4.69) is 11.8 Å². The van der Waals surface area contributed by atoms with Crippen LogP contribution in [0.15, 0.2) is 0 Å². The molecule has 0 aromatic carbocycles. The minimum Gasteiger partial charge on any atom is -0.394 e. The predicted molar refractivity (Wildman–Crippen MR) is 80.9 cm³/mol. The standard InChI is InChI=1S/C16H28O6/c1-2-3-4-5-6-7-8-9-10-21-16-15(20)14(19)13(18)12(11-17)22-16/h12-20H,4-11H2,1H3/t12-,13-,14+,15-,16-/m1/s1. The van der Waals surface area contributed by atoms with Crippen molar-refractivity contribution in [3.05, 3.63) is 0 Å². The van der Waals surface area contributed by atoms with Gasteiger partial charge in [0, 0.05) is 13.0 Å². The lowest BCUT2D eigenvalue weighted by Crippen LogP contribution is -2.59. The number of ether oxygens (including phenoxy) is 2. The molecule has 5 atom stereocenters. The van der Waals surface area contributed by atoms with Crippen LogP contribution in [0.2, 0.25) is 0 Å². The fourth-order valence-electron chi connectivity index (χ4n) is 2.38. The molecule has 0 aliphatic carbocycles. The molecule has 0 aromatic rings. The van der Waals surface area contributed by atoms with Crippen molar-refractivity contribution >= 4 is 0 Å². The number of hydrogen-bond donors (Lipinski definition) is 4. The summed E-state index contributed by atoms with van der Waals surface area (Å²) in [6, 6.07) is 0. The normalized spacial score (nSPS) is 31.6. The van der Waals surface area contributed by atoms with Crippen LogP contribution < -0.4 is 0 Å². The van der Waals surface area contributed by atoms with Crippen molar-refractivity contribution < 1.29 is 29.9 Å². The average molecular weight is 316 g/mol. The van der Waals surface area contributed by atoms with Crippen LogP contribution in [0.25, 0.3) is 0 Å². The highest BCUT2D eigenvalue weighted by Crippen LogP contribution is 2.22. The van der Waals surface area contributed by atoms with E-state index in [1.54, 1.807) is 0 Å². The van der Waals surface area contributed by atoms with E-state index in [0.717, 1.165) is 38.5 Å². The lowest BCUT2D eigenvalue weighted by Gasteiger charge is -2.39. The van der Waals surface area contributed by atoms with Gasteiger partial charge in [0.1, 0.15) is 24.4 Å². The summed E-state index contributed by atoms with van der Waals surface area (Å²) in [4.78, 5) is 0. The first-order chi connectivity index (χ1) is 10.6. The summed E-state index contributed by atoms with van der Waals surface area (Å²) >= 11 is 0. The van der Waals surface area contributed by atoms with E-state index >= 15 is 0 Å². The quantitative estimate of drug-likeness (QED) is 0.357. The van der Waals surface area contributed by atoms with Gasteiger partial charge in [0.2, 0.25) is 0 Å². The van der Waals surface area contributed by atoms with Crippen molar-refractivity contribution in [2.45, 2.75) is 76.2 Å². The first-order valence-corrected chi connectivity index (χ1v) is 7.93. The fraction of sp³-hybridized carbons (Fsp3) is 0.875. The predicted octanol–water partition coefficient (Wildman–Crippen LogP) is 0.167. The molecule has 1 fully saturated rings. The summed E-state index contributed by atoms with van der Waals surface area (Å²) in [6.45, 7) is 1.80. The van der Waals surface area contributed by atoms with Crippen LogP contribution in [-0.2, 0) is 9.47 Å². The monoisotopic (exact) mass is 316 g/mol. The number of aliphatic hydroxyl groups excluding tert-OH is 4. The van der Waals surface area contributed by atoms with Gasteiger partial charge in [0.05, 0.1) is 6.61 Å². The van der Waals surface area contributed by atoms with Gasteiger partial charge in [-0.1, -0.05) is 19.3 Å². The van der Waals surface area contributed by atoms with Crippen molar-refractivity contribution in [1.82, 2.24) is 0 Å². The molecule has 128 valence electrons. The maximum atomic E-state index is 9.79. The highest BCUT2D eigenvalue weighted by Gasteiger charge is 2.43. The van der Waals surface area contributed by atoms with Crippen LogP contribution in [0.3, 0.4) is 0 Å². The maximum Gasteiger partial charge on any atom is 0.186 e. The Morgan fingerprint density at radius 2 is 1.64 bits per heavy atom. The zero-order chi connectivity index (χ0) is 16.4. The van der Waals surface area contributed by atoms with E-state index in [1.807, 2.05) is 6.92 Å². The molecule has 0 radical (unpaired) electrons. The van der Waals surface area contributed by atoms with Crippen molar-refractivity contribution in [2.24, 2.45) is 0 Å². The third kappa shape index (κ3) is 6.21. The van der Waals surface area contributed by atoms with Crippen molar-refractivity contribution in [3.63, 3.8) is 0 Å². The zero-order valence-corrected chi connectivity index (χ0v) is 13.1. The molecule has 0 amide bonds. The van der Waals surface area contributed by atoms with Crippen LogP contribution in [0.4, 0.5) is 0 Å². The van der Waals surface area contributed by atoms with Crippen molar-refractivity contribution in [3.8, 4) is 11.8 Å². The van der Waals surface area contributed by atoms with Gasteiger partial charge in [-0.3, -0.25) is 0 Å². The molecule has 1 aliphatic rings. The van der Waals surface area contributed by atoms with Crippen LogP contribution in [0.5, 0.6) is 0 Å². The average Bonchev–Trinajstić information content (AvgIpc) is 2.53. The molecule has 1 rings (SSSR count). The molecule has 0 bridgehead atoms. The van der Waals surface area contributed by atoms with Crippen LogP contribution in [0.1, 0.15) is 45.4 Å². The molecule has 0 unspecified atom stereocenters. The van der Waals surface area contributed by atoms with Crippen LogP contribution >= 0.6 is 0 Å². The molecule has 6 heteroatoms. The number of unbranched alkanes of at least 4 members (excludes halogenated alkanes) is 5. The Kier molecular flexibility index (Phi) is 9.64. The lowest BCUT2D eigenvalue weighted by atomic mass is 9.99. The number of hydrogen-bond acceptors (Lipinski definition) is 6. The molecule has 0 aromatic heterocycles. The molecule has 1 aliphatic heterocycles. The van der Waals surface area contributed by atoms with Crippen LogP contribution in [-0.4, -0.2) is 64.3 Å². The Bertz CT molecular complexity index is 348. The second-order valence-corrected chi connectivity index (χ2v) is 5.51. The Labute approximate surface area is 132 Å². The molecule has 0 saturated carbocycles. The van der Waals surface area contributed by atoms with Gasteiger partial charge >= 0.3 is 0 Å². The third-order valence-corrected chi connectivity index (χ3v) is 3.75. The van der Waals surface area contributed by atoms with Gasteiger partial charge in [-0.15, -0.1) is 11.8 Å². The zero-order valence-electron chi connectivity index (χ0n) is 13.1. The molecular formula is C16H28O6. The molecule has 6 nitrogen and oxygen atoms in total. The molecule has 4 N–H and O–H groups in total. The minimum atomic E-state index is -1.38. The summed E-state index contributed by atoms with van der Waals surface area (Å²) in [5.41, 5.74) is 0. The first-order valence-electron chi connectivity index (χ1n) is 7.93. The summed E-state index contributed by atoms with van der Waals surface area (Å²) < 4.78 is 10.7. The van der Waals surface area contributed by atoms with E-state index in [0.29, 0.717) is 6.61 Å². The Morgan fingerprint density at radius 3 is 2.32 bits per heavy atom. The van der Waals surface area contributed by atoms with E-state index in [1.165, 1.54) is 0 Å². The van der Waals surface area contributed by atoms with E-state index in [-0.39, 0.29) is 0 Å². The highest BCUT2D eigenvalue weighted by molar-refractivity contribution is 4.94. The molecule has 0 spiro atoms. The Hall–Kier alpha value is -0.680. The number of rotatable bonds is 9. The summed E-state index contributed by atoms with van der Waals surface area (Å²) in [6.07, 6.45) is 0.154. The van der Waals surface area contributed by atoms with Gasteiger partial charge in [-0.25, -0.2) is 0 Å². The Balaban J connectivity index is 2.14. The second-order valence-electron chi connectivity index (χ2n) is 5.51. The van der Waals surface area contributed by atoms with E-state index in [9.17, 15) is 15.3 Å². The summed E-state index contributed by atoms with van der Waals surface area (Å²) in [7, 11) is 0. The topological polar surface area (TPSA) is 99.4 Å². The number of aliphatic hydroxyl groups is 4. The van der Waals surface area contributed by atoms with Gasteiger partial charge < -0.3 is 29.9 Å². The molecule has 1 heterocycles. The molecule has 22 heavy (non-hydrogen) atoms. The van der Waals surface area contributed by atoms with Gasteiger partial charge in [-0.2, -0.15) is 0 Å². The third-order valence-electron chi connectivity index (χ3n) is 3.75. The maximum absolute atomic E-state index is 9.79. The van der Waals surface area contributed by atoms with Crippen LogP contribution in [0, 0.1) is 11.8 Å². The minimum absolute atomic E-state index is 0.400. The van der Waals surface area contributed by atoms with E-state index in [4.69, 9.17) is 14.6 Å². The smallest absolute Gasteiger partial charge is 0.186 e.